The molecule has 1 aromatic carbocycles. The van der Waals surface area contributed by atoms with Gasteiger partial charge in [0.2, 0.25) is 0 Å². The largest absolute Gasteiger partial charge is 0.371 e. The topological polar surface area (TPSA) is 78.7 Å². The fourth-order valence-electron chi connectivity index (χ4n) is 4.17. The Morgan fingerprint density at radius 2 is 1.77 bits per heavy atom. The van der Waals surface area contributed by atoms with Crippen LogP contribution in [0, 0.1) is 10.1 Å². The minimum Gasteiger partial charge on any atom is -0.371 e. The van der Waals surface area contributed by atoms with Crippen LogP contribution >= 0.6 is 0 Å². The Morgan fingerprint density at radius 1 is 1.08 bits per heavy atom. The highest BCUT2D eigenvalue weighted by molar-refractivity contribution is 6.00. The van der Waals surface area contributed by atoms with Crippen molar-refractivity contribution in [2.24, 2.45) is 0 Å². The maximum Gasteiger partial charge on any atom is 0.270 e. The van der Waals surface area contributed by atoms with Crippen molar-refractivity contribution >= 4 is 17.3 Å². The number of nitrogens with one attached hydrogen (secondary N) is 1. The van der Waals surface area contributed by atoms with E-state index in [2.05, 4.69) is 15.1 Å². The van der Waals surface area contributed by atoms with E-state index >= 15 is 0 Å². The molecule has 3 aliphatic rings. The number of benzene rings is 1. The molecule has 1 amide bonds. The third-order valence-corrected chi connectivity index (χ3v) is 5.81. The lowest BCUT2D eigenvalue weighted by Crippen LogP contribution is -2.45. The molecule has 0 spiro atoms. The number of anilines is 1. The van der Waals surface area contributed by atoms with Gasteiger partial charge in [-0.05, 0) is 44.6 Å². The summed E-state index contributed by atoms with van der Waals surface area (Å²) in [5.74, 6) is -0.180. The second-order valence-electron chi connectivity index (χ2n) is 7.67. The Hall–Kier alpha value is -2.15. The van der Waals surface area contributed by atoms with Gasteiger partial charge in [0.25, 0.3) is 11.6 Å². The number of nitrogens with zero attached hydrogens (tertiary/aromatic N) is 3. The average Bonchev–Trinajstić information content (AvgIpc) is 3.36. The lowest BCUT2D eigenvalue weighted by Gasteiger charge is -2.32. The molecular weight excluding hydrogens is 332 g/mol. The van der Waals surface area contributed by atoms with Crippen LogP contribution in [0.3, 0.4) is 0 Å². The Kier molecular flexibility index (Phi) is 4.80. The van der Waals surface area contributed by atoms with Gasteiger partial charge in [-0.3, -0.25) is 14.9 Å². The summed E-state index contributed by atoms with van der Waals surface area (Å²) in [7, 11) is 0. The third kappa shape index (κ3) is 3.67. The van der Waals surface area contributed by atoms with E-state index in [1.54, 1.807) is 6.07 Å². The predicted molar refractivity (Wildman–Crippen MR) is 99.6 cm³/mol. The van der Waals surface area contributed by atoms with Crippen molar-refractivity contribution in [1.29, 1.82) is 0 Å². The van der Waals surface area contributed by atoms with Crippen LogP contribution in [-0.2, 0) is 0 Å². The van der Waals surface area contributed by atoms with Gasteiger partial charge < -0.3 is 15.1 Å². The first-order valence-corrected chi connectivity index (χ1v) is 9.70. The number of hydrogen-bond donors (Lipinski definition) is 1. The van der Waals surface area contributed by atoms with E-state index < -0.39 is 4.92 Å². The molecule has 1 N–H and O–H groups in total. The summed E-state index contributed by atoms with van der Waals surface area (Å²) in [6.07, 6.45) is 6.72. The summed E-state index contributed by atoms with van der Waals surface area (Å²) in [6.45, 7) is 3.86. The van der Waals surface area contributed by atoms with Crippen molar-refractivity contribution in [2.45, 2.75) is 50.6 Å². The number of rotatable bonds is 5. The number of carbonyl (C=O) groups excluding carboxylic acids is 1. The van der Waals surface area contributed by atoms with E-state index in [-0.39, 0.29) is 17.6 Å². The first kappa shape index (κ1) is 17.3. The number of amides is 1. The molecule has 1 aliphatic carbocycles. The van der Waals surface area contributed by atoms with Gasteiger partial charge in [-0.15, -0.1) is 0 Å². The summed E-state index contributed by atoms with van der Waals surface area (Å²) in [5, 5.41) is 14.3. The van der Waals surface area contributed by atoms with E-state index in [4.69, 9.17) is 0 Å². The van der Waals surface area contributed by atoms with Crippen LogP contribution in [0.4, 0.5) is 11.4 Å². The van der Waals surface area contributed by atoms with Crippen LogP contribution in [0.25, 0.3) is 0 Å². The maximum atomic E-state index is 12.9. The molecule has 2 heterocycles. The molecule has 1 aromatic rings. The molecule has 7 heteroatoms. The van der Waals surface area contributed by atoms with Crippen molar-refractivity contribution in [2.75, 3.05) is 31.1 Å². The van der Waals surface area contributed by atoms with E-state index in [0.717, 1.165) is 63.6 Å². The second-order valence-corrected chi connectivity index (χ2v) is 7.67. The molecule has 1 saturated carbocycles. The first-order chi connectivity index (χ1) is 12.6. The van der Waals surface area contributed by atoms with Gasteiger partial charge in [0.1, 0.15) is 0 Å². The summed E-state index contributed by atoms with van der Waals surface area (Å²) >= 11 is 0. The Labute approximate surface area is 153 Å². The number of carbonyl (C=O) groups is 1. The summed E-state index contributed by atoms with van der Waals surface area (Å²) in [4.78, 5) is 28.3. The van der Waals surface area contributed by atoms with Gasteiger partial charge in [0.15, 0.2) is 0 Å². The monoisotopic (exact) mass is 358 g/mol. The Balaban J connectivity index is 1.48. The fourth-order valence-corrected chi connectivity index (χ4v) is 4.17. The third-order valence-electron chi connectivity index (χ3n) is 5.81. The van der Waals surface area contributed by atoms with Crippen molar-refractivity contribution in [1.82, 2.24) is 10.2 Å². The second kappa shape index (κ2) is 7.23. The number of likely N-dealkylation sites (tertiary alicyclic amines) is 1. The Morgan fingerprint density at radius 3 is 2.38 bits per heavy atom. The minimum absolute atomic E-state index is 0.0263. The van der Waals surface area contributed by atoms with Gasteiger partial charge in [-0.2, -0.15) is 0 Å². The van der Waals surface area contributed by atoms with E-state index in [0.29, 0.717) is 5.56 Å². The van der Waals surface area contributed by atoms with Crippen molar-refractivity contribution < 1.29 is 9.72 Å². The lowest BCUT2D eigenvalue weighted by atomic mass is 10.0. The Bertz CT molecular complexity index is 690. The molecular formula is C19H26N4O3. The number of nitro groups is 1. The van der Waals surface area contributed by atoms with Gasteiger partial charge >= 0.3 is 0 Å². The van der Waals surface area contributed by atoms with Crippen molar-refractivity contribution in [3.63, 3.8) is 0 Å². The average molecular weight is 358 g/mol. The smallest absolute Gasteiger partial charge is 0.270 e. The molecule has 26 heavy (non-hydrogen) atoms. The van der Waals surface area contributed by atoms with E-state index in [1.165, 1.54) is 25.0 Å². The standard InChI is InChI=1S/C19H26N4O3/c24-19(20-14-7-11-21(12-8-14)15-3-4-15)17-13-16(23(25)26)5-6-18(17)22-9-1-2-10-22/h5-6,13-15H,1-4,7-12H2,(H,20,24). The van der Waals surface area contributed by atoms with Crippen LogP contribution in [0.15, 0.2) is 18.2 Å². The summed E-state index contributed by atoms with van der Waals surface area (Å²) in [6, 6.07) is 5.59. The molecule has 0 atom stereocenters. The highest BCUT2D eigenvalue weighted by atomic mass is 16.6. The van der Waals surface area contributed by atoms with Crippen molar-refractivity contribution in [3.8, 4) is 0 Å². The van der Waals surface area contributed by atoms with Crippen molar-refractivity contribution in [3.05, 3.63) is 33.9 Å². The predicted octanol–water partition coefficient (Wildman–Crippen LogP) is 2.55. The lowest BCUT2D eigenvalue weighted by molar-refractivity contribution is -0.384. The summed E-state index contributed by atoms with van der Waals surface area (Å²) < 4.78 is 0. The van der Waals surface area contributed by atoms with Gasteiger partial charge in [0.05, 0.1) is 16.2 Å². The molecule has 3 fully saturated rings. The fraction of sp³-hybridized carbons (Fsp3) is 0.632. The molecule has 0 bridgehead atoms. The minimum atomic E-state index is -0.432. The molecule has 7 nitrogen and oxygen atoms in total. The zero-order valence-electron chi connectivity index (χ0n) is 15.0. The zero-order chi connectivity index (χ0) is 18.1. The zero-order valence-corrected chi connectivity index (χ0v) is 15.0. The number of piperidine rings is 1. The number of nitro benzene ring substituents is 1. The maximum absolute atomic E-state index is 12.9. The van der Waals surface area contributed by atoms with Gasteiger partial charge in [-0.1, -0.05) is 0 Å². The van der Waals surface area contributed by atoms with Crippen LogP contribution < -0.4 is 10.2 Å². The molecule has 0 aromatic heterocycles. The van der Waals surface area contributed by atoms with Crippen LogP contribution in [0.2, 0.25) is 0 Å². The molecule has 140 valence electrons. The van der Waals surface area contributed by atoms with Crippen LogP contribution in [0.5, 0.6) is 0 Å². The number of non-ortho nitro benzene ring substituents is 1. The highest BCUT2D eigenvalue weighted by Crippen LogP contribution is 2.30. The normalized spacial score (nSPS) is 21.8. The molecule has 0 radical (unpaired) electrons. The van der Waals surface area contributed by atoms with Crippen LogP contribution in [0.1, 0.15) is 48.9 Å². The quantitative estimate of drug-likeness (QED) is 0.646. The number of hydrogen-bond acceptors (Lipinski definition) is 5. The molecule has 4 rings (SSSR count). The molecule has 2 aliphatic heterocycles. The summed E-state index contributed by atoms with van der Waals surface area (Å²) in [5.41, 5.74) is 1.23. The van der Waals surface area contributed by atoms with Crippen LogP contribution in [-0.4, -0.2) is 54.0 Å². The molecule has 2 saturated heterocycles. The van der Waals surface area contributed by atoms with Gasteiger partial charge in [0, 0.05) is 50.4 Å². The highest BCUT2D eigenvalue weighted by Gasteiger charge is 2.32. The van der Waals surface area contributed by atoms with Gasteiger partial charge in [-0.25, -0.2) is 0 Å². The van der Waals surface area contributed by atoms with E-state index in [9.17, 15) is 14.9 Å². The first-order valence-electron chi connectivity index (χ1n) is 9.70. The molecule has 0 unspecified atom stereocenters. The van der Waals surface area contributed by atoms with E-state index in [1.807, 2.05) is 0 Å². The SMILES string of the molecule is O=C(NC1CCN(C2CC2)CC1)c1cc([N+](=O)[O-])ccc1N1CCCC1.